The van der Waals surface area contributed by atoms with Crippen LogP contribution in [-0.4, -0.2) is 11.7 Å². The van der Waals surface area contributed by atoms with Crippen molar-refractivity contribution in [2.75, 3.05) is 6.67 Å². The average molecular weight is 217 g/mol. The largest absolute Gasteiger partial charge is 0.372 e. The van der Waals surface area contributed by atoms with E-state index in [0.29, 0.717) is 0 Å². The van der Waals surface area contributed by atoms with E-state index in [1.54, 1.807) is 0 Å². The summed E-state index contributed by atoms with van der Waals surface area (Å²) in [6.45, 7) is 0.886. The van der Waals surface area contributed by atoms with Crippen molar-refractivity contribution in [3.63, 3.8) is 0 Å². The highest BCUT2D eigenvalue weighted by atomic mass is 15.1. The number of nitrogens with one attached hydrogen (secondary N) is 2. The van der Waals surface area contributed by atoms with E-state index < -0.39 is 0 Å². The minimum atomic E-state index is 0. The molecule has 16 heavy (non-hydrogen) atoms. The second-order valence-corrected chi connectivity index (χ2v) is 4.65. The van der Waals surface area contributed by atoms with Gasteiger partial charge in [0.05, 0.1) is 6.67 Å². The van der Waals surface area contributed by atoms with Gasteiger partial charge in [0.15, 0.2) is 0 Å². The molecule has 3 rings (SSSR count). The van der Waals surface area contributed by atoms with Crippen LogP contribution in [0.25, 0.3) is 0 Å². The van der Waals surface area contributed by atoms with Gasteiger partial charge in [-0.3, -0.25) is 4.98 Å². The van der Waals surface area contributed by atoms with E-state index in [1.807, 2.05) is 12.3 Å². The molecule has 1 aromatic rings. The van der Waals surface area contributed by atoms with Crippen LogP contribution in [0.3, 0.4) is 0 Å². The highest BCUT2D eigenvalue weighted by Gasteiger charge is 2.20. The van der Waals surface area contributed by atoms with E-state index in [0.717, 1.165) is 25.4 Å². The summed E-state index contributed by atoms with van der Waals surface area (Å²) >= 11 is 0. The lowest BCUT2D eigenvalue weighted by Crippen LogP contribution is -2.20. The van der Waals surface area contributed by atoms with Crippen molar-refractivity contribution in [3.05, 3.63) is 41.5 Å². The van der Waals surface area contributed by atoms with Crippen LogP contribution < -0.4 is 10.6 Å². The zero-order chi connectivity index (χ0) is 10.8. The average Bonchev–Trinajstić information content (AvgIpc) is 2.82. The van der Waals surface area contributed by atoms with Gasteiger partial charge in [-0.15, -0.1) is 0 Å². The Balaban J connectivity index is 0.00000108. The van der Waals surface area contributed by atoms with E-state index in [9.17, 15) is 0 Å². The molecule has 0 radical (unpaired) electrons. The predicted octanol–water partition coefficient (Wildman–Crippen LogP) is 1.81. The zero-order valence-electron chi connectivity index (χ0n) is 9.37. The summed E-state index contributed by atoms with van der Waals surface area (Å²) in [5, 5.41) is 6.55. The van der Waals surface area contributed by atoms with Crippen LogP contribution in [0, 0.1) is 5.92 Å². The van der Waals surface area contributed by atoms with Crippen molar-refractivity contribution in [1.82, 2.24) is 15.6 Å². The molecule has 0 amide bonds. The fourth-order valence-electron chi connectivity index (χ4n) is 2.62. The number of hydrogen-bond acceptors (Lipinski definition) is 3. The Labute approximate surface area is 97.5 Å². The first-order valence-corrected chi connectivity index (χ1v) is 6.01. The molecular formula is C13H19N3. The van der Waals surface area contributed by atoms with E-state index in [-0.39, 0.29) is 1.43 Å². The van der Waals surface area contributed by atoms with Gasteiger partial charge in [0.25, 0.3) is 0 Å². The van der Waals surface area contributed by atoms with Crippen LogP contribution in [0.4, 0.5) is 0 Å². The lowest BCUT2D eigenvalue weighted by Gasteiger charge is -2.23. The molecule has 86 valence electrons. The number of hydrogen-bond donors (Lipinski definition) is 2. The third-order valence-corrected chi connectivity index (χ3v) is 3.49. The number of aryl methyl sites for hydroxylation is 1. The third kappa shape index (κ3) is 1.90. The summed E-state index contributed by atoms with van der Waals surface area (Å²) in [5.74, 6) is 0.751. The molecule has 1 aromatic heterocycles. The number of fused-ring (bicyclic) bond motifs is 1. The van der Waals surface area contributed by atoms with Crippen LogP contribution >= 0.6 is 0 Å². The topological polar surface area (TPSA) is 37.0 Å². The monoisotopic (exact) mass is 217 g/mol. The molecule has 2 heterocycles. The first kappa shape index (κ1) is 9.70. The molecule has 2 N–H and O–H groups in total. The zero-order valence-corrected chi connectivity index (χ0v) is 9.37. The van der Waals surface area contributed by atoms with Gasteiger partial charge in [-0.25, -0.2) is 0 Å². The van der Waals surface area contributed by atoms with Crippen molar-refractivity contribution < 1.29 is 1.43 Å². The SMILES string of the molecule is C1=C(CC2CCc3cccnc3C2)NCN1.[HH]. The smallest absolute Gasteiger partial charge is 0.0843 e. The van der Waals surface area contributed by atoms with Crippen molar-refractivity contribution in [2.24, 2.45) is 5.92 Å². The summed E-state index contributed by atoms with van der Waals surface area (Å²) in [6.07, 6.45) is 8.79. The Kier molecular flexibility index (Phi) is 2.52. The fourth-order valence-corrected chi connectivity index (χ4v) is 2.62. The minimum Gasteiger partial charge on any atom is -0.372 e. The molecule has 3 heteroatoms. The normalized spacial score (nSPS) is 23.0. The molecule has 0 fully saturated rings. The van der Waals surface area contributed by atoms with E-state index in [1.165, 1.54) is 29.8 Å². The third-order valence-electron chi connectivity index (χ3n) is 3.49. The molecular weight excluding hydrogens is 198 g/mol. The lowest BCUT2D eigenvalue weighted by molar-refractivity contribution is 0.440. The summed E-state index contributed by atoms with van der Waals surface area (Å²) in [5.41, 5.74) is 4.11. The maximum atomic E-state index is 4.49. The molecule has 0 saturated carbocycles. The van der Waals surface area contributed by atoms with Crippen LogP contribution in [-0.2, 0) is 12.8 Å². The summed E-state index contributed by atoms with van der Waals surface area (Å²) in [7, 11) is 0. The maximum absolute atomic E-state index is 4.49. The van der Waals surface area contributed by atoms with Crippen molar-refractivity contribution >= 4 is 0 Å². The molecule has 0 aromatic carbocycles. The standard InChI is InChI=1S/C13H17N3.H2/c1-2-11-4-3-10(7-13(11)15-5-1)6-12-8-14-9-16-12;/h1-2,5,8,10,14,16H,3-4,6-7,9H2;1H. The van der Waals surface area contributed by atoms with Crippen molar-refractivity contribution in [1.29, 1.82) is 0 Å². The molecule has 0 bridgehead atoms. The lowest BCUT2D eigenvalue weighted by atomic mass is 9.84. The Hall–Kier alpha value is -1.51. The van der Waals surface area contributed by atoms with Crippen LogP contribution in [0.2, 0.25) is 0 Å². The van der Waals surface area contributed by atoms with Gasteiger partial charge < -0.3 is 10.6 Å². The maximum Gasteiger partial charge on any atom is 0.0843 e. The molecule has 1 aliphatic carbocycles. The number of allylic oxidation sites excluding steroid dienone is 1. The molecule has 1 aliphatic heterocycles. The van der Waals surface area contributed by atoms with Crippen LogP contribution in [0.5, 0.6) is 0 Å². The Morgan fingerprint density at radius 2 is 2.50 bits per heavy atom. The van der Waals surface area contributed by atoms with Crippen LogP contribution in [0.1, 0.15) is 25.5 Å². The molecule has 2 aliphatic rings. The number of pyridine rings is 1. The van der Waals surface area contributed by atoms with Gasteiger partial charge in [0.2, 0.25) is 0 Å². The highest BCUT2D eigenvalue weighted by Crippen LogP contribution is 2.27. The van der Waals surface area contributed by atoms with Gasteiger partial charge in [-0.1, -0.05) is 6.07 Å². The fraction of sp³-hybridized carbons (Fsp3) is 0.462. The number of aromatic nitrogens is 1. The molecule has 0 spiro atoms. The molecule has 1 atom stereocenters. The van der Waals surface area contributed by atoms with Gasteiger partial charge in [0, 0.05) is 25.2 Å². The highest BCUT2D eigenvalue weighted by molar-refractivity contribution is 5.23. The molecule has 3 nitrogen and oxygen atoms in total. The second kappa shape index (κ2) is 4.16. The summed E-state index contributed by atoms with van der Waals surface area (Å²) in [6, 6.07) is 4.26. The van der Waals surface area contributed by atoms with E-state index >= 15 is 0 Å². The van der Waals surface area contributed by atoms with Gasteiger partial charge in [-0.2, -0.15) is 0 Å². The minimum absolute atomic E-state index is 0. The van der Waals surface area contributed by atoms with Gasteiger partial charge in [-0.05, 0) is 43.2 Å². The Bertz CT molecular complexity index is 417. The number of nitrogens with zero attached hydrogens (tertiary/aromatic N) is 1. The summed E-state index contributed by atoms with van der Waals surface area (Å²) < 4.78 is 0. The molecule has 1 unspecified atom stereocenters. The first-order valence-electron chi connectivity index (χ1n) is 6.01. The Morgan fingerprint density at radius 1 is 1.50 bits per heavy atom. The van der Waals surface area contributed by atoms with Gasteiger partial charge in [0.1, 0.15) is 0 Å². The molecule has 0 saturated heterocycles. The van der Waals surface area contributed by atoms with Crippen molar-refractivity contribution in [2.45, 2.75) is 25.7 Å². The first-order chi connectivity index (χ1) is 7.92. The van der Waals surface area contributed by atoms with E-state index in [2.05, 4.69) is 27.9 Å². The quantitative estimate of drug-likeness (QED) is 0.793. The van der Waals surface area contributed by atoms with Crippen molar-refractivity contribution in [3.8, 4) is 0 Å². The van der Waals surface area contributed by atoms with Crippen LogP contribution in [0.15, 0.2) is 30.2 Å². The summed E-state index contributed by atoms with van der Waals surface area (Å²) in [4.78, 5) is 4.49. The number of rotatable bonds is 2. The second-order valence-electron chi connectivity index (χ2n) is 4.65. The van der Waals surface area contributed by atoms with E-state index in [4.69, 9.17) is 0 Å². The predicted molar refractivity (Wildman–Crippen MR) is 65.7 cm³/mol. The van der Waals surface area contributed by atoms with Gasteiger partial charge >= 0.3 is 0 Å². The Morgan fingerprint density at radius 3 is 3.38 bits per heavy atom.